The molecule has 1 rings (SSSR count). The molecule has 1 heterocycles. The monoisotopic (exact) mass is 286 g/mol. The standard InChI is InChI=1S/C10H13F3N2O2.ClH/c1-16-5-8(14)7-2-3-15-9(4-7)17-6-10(11,12)13;/h2-4,8H,5-6,14H2,1H3;1H. The molecule has 0 aromatic carbocycles. The minimum Gasteiger partial charge on any atom is -0.468 e. The Morgan fingerprint density at radius 3 is 2.67 bits per heavy atom. The van der Waals surface area contributed by atoms with Crippen molar-refractivity contribution >= 4 is 12.4 Å². The molecule has 18 heavy (non-hydrogen) atoms. The number of alkyl halides is 3. The molecule has 8 heteroatoms. The van der Waals surface area contributed by atoms with Crippen LogP contribution < -0.4 is 10.5 Å². The molecular weight excluding hydrogens is 273 g/mol. The highest BCUT2D eigenvalue weighted by molar-refractivity contribution is 5.85. The maximum atomic E-state index is 11.9. The lowest BCUT2D eigenvalue weighted by Crippen LogP contribution is -2.20. The van der Waals surface area contributed by atoms with E-state index in [9.17, 15) is 13.2 Å². The molecule has 0 fully saturated rings. The molecule has 0 aliphatic heterocycles. The quantitative estimate of drug-likeness (QED) is 0.900. The van der Waals surface area contributed by atoms with Crippen molar-refractivity contribution in [3.05, 3.63) is 23.9 Å². The van der Waals surface area contributed by atoms with Crippen LogP contribution in [0.15, 0.2) is 18.3 Å². The van der Waals surface area contributed by atoms with Crippen LogP contribution in [0.3, 0.4) is 0 Å². The third-order valence-electron chi connectivity index (χ3n) is 1.92. The van der Waals surface area contributed by atoms with Gasteiger partial charge in [-0.15, -0.1) is 12.4 Å². The van der Waals surface area contributed by atoms with Gasteiger partial charge in [0.25, 0.3) is 0 Å². The van der Waals surface area contributed by atoms with E-state index in [-0.39, 0.29) is 24.9 Å². The van der Waals surface area contributed by atoms with Crippen LogP contribution in [0.2, 0.25) is 0 Å². The molecule has 0 amide bonds. The van der Waals surface area contributed by atoms with Gasteiger partial charge in [-0.3, -0.25) is 0 Å². The van der Waals surface area contributed by atoms with Gasteiger partial charge in [-0.2, -0.15) is 13.2 Å². The van der Waals surface area contributed by atoms with Crippen molar-refractivity contribution in [3.8, 4) is 5.88 Å². The van der Waals surface area contributed by atoms with Gasteiger partial charge in [0.2, 0.25) is 5.88 Å². The summed E-state index contributed by atoms with van der Waals surface area (Å²) in [5.74, 6) is -0.105. The normalized spacial score (nSPS) is 12.7. The fraction of sp³-hybridized carbons (Fsp3) is 0.500. The maximum absolute atomic E-state index is 11.9. The van der Waals surface area contributed by atoms with E-state index in [0.717, 1.165) is 0 Å². The Balaban J connectivity index is 0.00000289. The Morgan fingerprint density at radius 2 is 2.11 bits per heavy atom. The minimum atomic E-state index is -4.38. The molecule has 0 saturated heterocycles. The van der Waals surface area contributed by atoms with Gasteiger partial charge in [-0.1, -0.05) is 0 Å². The Kier molecular flexibility index (Phi) is 6.97. The van der Waals surface area contributed by atoms with E-state index in [1.54, 1.807) is 6.07 Å². The fourth-order valence-corrected chi connectivity index (χ4v) is 1.17. The van der Waals surface area contributed by atoms with Crippen LogP contribution in [-0.4, -0.2) is 31.5 Å². The van der Waals surface area contributed by atoms with E-state index in [1.165, 1.54) is 19.4 Å². The van der Waals surface area contributed by atoms with Crippen LogP contribution in [0, 0.1) is 0 Å². The fourth-order valence-electron chi connectivity index (χ4n) is 1.17. The average molecular weight is 287 g/mol. The summed E-state index contributed by atoms with van der Waals surface area (Å²) in [6.45, 7) is -1.11. The van der Waals surface area contributed by atoms with Gasteiger partial charge in [-0.25, -0.2) is 4.98 Å². The van der Waals surface area contributed by atoms with Crippen LogP contribution in [-0.2, 0) is 4.74 Å². The summed E-state index contributed by atoms with van der Waals surface area (Å²) in [5, 5.41) is 0. The molecule has 1 unspecified atom stereocenters. The lowest BCUT2D eigenvalue weighted by Gasteiger charge is -2.12. The van der Waals surface area contributed by atoms with E-state index >= 15 is 0 Å². The highest BCUT2D eigenvalue weighted by atomic mass is 35.5. The van der Waals surface area contributed by atoms with Crippen molar-refractivity contribution in [1.29, 1.82) is 0 Å². The number of hydrogen-bond acceptors (Lipinski definition) is 4. The molecule has 2 N–H and O–H groups in total. The zero-order valence-corrected chi connectivity index (χ0v) is 10.4. The molecule has 1 atom stereocenters. The van der Waals surface area contributed by atoms with Crippen LogP contribution in [0.25, 0.3) is 0 Å². The molecule has 4 nitrogen and oxygen atoms in total. The van der Waals surface area contributed by atoms with Gasteiger partial charge in [-0.05, 0) is 11.6 Å². The number of rotatable bonds is 5. The van der Waals surface area contributed by atoms with E-state index in [2.05, 4.69) is 9.72 Å². The second kappa shape index (κ2) is 7.40. The van der Waals surface area contributed by atoms with Gasteiger partial charge < -0.3 is 15.2 Å². The van der Waals surface area contributed by atoms with Gasteiger partial charge >= 0.3 is 6.18 Å². The number of ether oxygens (including phenoxy) is 2. The molecule has 1 aromatic heterocycles. The first-order valence-corrected chi connectivity index (χ1v) is 4.82. The Labute approximate surface area is 109 Å². The Morgan fingerprint density at radius 1 is 1.44 bits per heavy atom. The molecular formula is C10H14ClF3N2O2. The highest BCUT2D eigenvalue weighted by Gasteiger charge is 2.28. The number of methoxy groups -OCH3 is 1. The number of nitrogens with zero attached hydrogens (tertiary/aromatic N) is 1. The molecule has 104 valence electrons. The Hall–Kier alpha value is -1.05. The van der Waals surface area contributed by atoms with Crippen LogP contribution in [0.4, 0.5) is 13.2 Å². The SMILES string of the molecule is COCC(N)c1ccnc(OCC(F)(F)F)c1.Cl. The first-order valence-electron chi connectivity index (χ1n) is 4.82. The third kappa shape index (κ3) is 6.04. The summed E-state index contributed by atoms with van der Waals surface area (Å²) in [5.41, 5.74) is 6.34. The summed E-state index contributed by atoms with van der Waals surface area (Å²) >= 11 is 0. The van der Waals surface area contributed by atoms with Crippen molar-refractivity contribution in [2.45, 2.75) is 12.2 Å². The summed E-state index contributed by atoms with van der Waals surface area (Å²) in [4.78, 5) is 3.67. The molecule has 0 spiro atoms. The summed E-state index contributed by atoms with van der Waals surface area (Å²) in [7, 11) is 1.49. The Bertz CT molecular complexity index is 363. The average Bonchev–Trinajstić information content (AvgIpc) is 2.26. The number of halogens is 4. The number of hydrogen-bond donors (Lipinski definition) is 1. The summed E-state index contributed by atoms with van der Waals surface area (Å²) in [6.07, 6.45) is -3.04. The van der Waals surface area contributed by atoms with E-state index in [4.69, 9.17) is 10.5 Å². The molecule has 0 saturated carbocycles. The molecule has 0 aliphatic rings. The second-order valence-electron chi connectivity index (χ2n) is 3.39. The zero-order valence-electron chi connectivity index (χ0n) is 9.61. The molecule has 1 aromatic rings. The van der Waals surface area contributed by atoms with Gasteiger partial charge in [0.1, 0.15) is 0 Å². The lowest BCUT2D eigenvalue weighted by molar-refractivity contribution is -0.154. The second-order valence-corrected chi connectivity index (χ2v) is 3.39. The number of nitrogens with two attached hydrogens (primary N) is 1. The first kappa shape index (κ1) is 16.9. The van der Waals surface area contributed by atoms with Gasteiger partial charge in [0.05, 0.1) is 12.6 Å². The summed E-state index contributed by atoms with van der Waals surface area (Å²) < 4.78 is 45.1. The van der Waals surface area contributed by atoms with Crippen LogP contribution >= 0.6 is 12.4 Å². The minimum absolute atomic E-state index is 0. The van der Waals surface area contributed by atoms with Crippen molar-refractivity contribution < 1.29 is 22.6 Å². The topological polar surface area (TPSA) is 57.4 Å². The number of pyridine rings is 1. The van der Waals surface area contributed by atoms with Crippen LogP contribution in [0.1, 0.15) is 11.6 Å². The van der Waals surface area contributed by atoms with Gasteiger partial charge in [0.15, 0.2) is 6.61 Å². The van der Waals surface area contributed by atoms with Crippen molar-refractivity contribution in [2.24, 2.45) is 5.73 Å². The maximum Gasteiger partial charge on any atom is 0.422 e. The smallest absolute Gasteiger partial charge is 0.422 e. The molecule has 0 aliphatic carbocycles. The molecule has 0 radical (unpaired) electrons. The third-order valence-corrected chi connectivity index (χ3v) is 1.92. The first-order chi connectivity index (χ1) is 7.92. The number of aromatic nitrogens is 1. The zero-order chi connectivity index (χ0) is 12.9. The lowest BCUT2D eigenvalue weighted by atomic mass is 10.1. The summed E-state index contributed by atoms with van der Waals surface area (Å²) in [6, 6.07) is 2.55. The largest absolute Gasteiger partial charge is 0.468 e. The predicted octanol–water partition coefficient (Wildman–Crippen LogP) is 2.09. The van der Waals surface area contributed by atoms with E-state index in [0.29, 0.717) is 5.56 Å². The van der Waals surface area contributed by atoms with Crippen molar-refractivity contribution in [1.82, 2.24) is 4.98 Å². The van der Waals surface area contributed by atoms with Crippen molar-refractivity contribution in [3.63, 3.8) is 0 Å². The van der Waals surface area contributed by atoms with Gasteiger partial charge in [0, 0.05) is 19.4 Å². The van der Waals surface area contributed by atoms with E-state index in [1.807, 2.05) is 0 Å². The van der Waals surface area contributed by atoms with Crippen LogP contribution in [0.5, 0.6) is 5.88 Å². The molecule has 0 bridgehead atoms. The van der Waals surface area contributed by atoms with Crippen molar-refractivity contribution in [2.75, 3.05) is 20.3 Å². The van der Waals surface area contributed by atoms with E-state index < -0.39 is 18.8 Å². The predicted molar refractivity (Wildman–Crippen MR) is 61.8 cm³/mol. The highest BCUT2D eigenvalue weighted by Crippen LogP contribution is 2.19.